The van der Waals surface area contributed by atoms with Crippen LogP contribution in [0.5, 0.6) is 0 Å². The number of carbonyl (C=O) groups is 6. The summed E-state index contributed by atoms with van der Waals surface area (Å²) in [6.45, 7) is 4.40. The number of carbonyl (C=O) groups excluding carboxylic acids is 6. The van der Waals surface area contributed by atoms with Crippen LogP contribution in [0.2, 0.25) is 0 Å². The molecule has 0 aromatic heterocycles. The molecule has 290 valence electrons. The molecule has 53 heavy (non-hydrogen) atoms. The summed E-state index contributed by atoms with van der Waals surface area (Å²) >= 11 is 0. The number of nitrogens with one attached hydrogen (secondary N) is 4. The molecule has 0 radical (unpaired) electrons. The smallest absolute Gasteiger partial charge is 0.331 e. The maximum Gasteiger partial charge on any atom is 0.331 e. The van der Waals surface area contributed by atoms with E-state index < -0.39 is 59.4 Å². The fraction of sp³-hybridized carbons (Fsp3) is 0.526. The first-order valence-electron chi connectivity index (χ1n) is 18.2. The minimum atomic E-state index is -1.38. The minimum Gasteiger partial charge on any atom is -0.467 e. The maximum atomic E-state index is 14.0. The normalized spacial score (nSPS) is 16.0. The first kappa shape index (κ1) is 42.4. The van der Waals surface area contributed by atoms with Crippen LogP contribution >= 0.6 is 0 Å². The Balaban J connectivity index is 1.78. The molecule has 3 rings (SSSR count). The first-order chi connectivity index (χ1) is 25.3. The highest BCUT2D eigenvalue weighted by Gasteiger charge is 2.45. The summed E-state index contributed by atoms with van der Waals surface area (Å²) in [7, 11) is 1.21. The molecule has 0 aliphatic carbocycles. The van der Waals surface area contributed by atoms with Crippen molar-refractivity contribution < 1.29 is 33.5 Å². The van der Waals surface area contributed by atoms with Gasteiger partial charge in [0, 0.05) is 19.5 Å². The molecule has 2 aromatic carbocycles. The highest BCUT2D eigenvalue weighted by atomic mass is 16.5. The van der Waals surface area contributed by atoms with Gasteiger partial charge in [0.25, 0.3) is 0 Å². The second-order valence-corrected chi connectivity index (χ2v) is 14.0. The summed E-state index contributed by atoms with van der Waals surface area (Å²) in [4.78, 5) is 80.9. The highest BCUT2D eigenvalue weighted by Crippen LogP contribution is 2.25. The number of primary amides is 1. The molecule has 6 amide bonds. The Labute approximate surface area is 311 Å². The van der Waals surface area contributed by atoms with Crippen molar-refractivity contribution in [2.24, 2.45) is 23.1 Å². The Bertz CT molecular complexity index is 1520. The molecule has 10 N–H and O–H groups in total. The molecular weight excluding hydrogens is 680 g/mol. The monoisotopic (exact) mass is 736 g/mol. The van der Waals surface area contributed by atoms with Gasteiger partial charge in [-0.2, -0.15) is 0 Å². The van der Waals surface area contributed by atoms with Gasteiger partial charge in [0.15, 0.2) is 0 Å². The lowest BCUT2D eigenvalue weighted by Gasteiger charge is -2.40. The van der Waals surface area contributed by atoms with Gasteiger partial charge >= 0.3 is 12.0 Å². The van der Waals surface area contributed by atoms with Crippen LogP contribution in [0, 0.1) is 5.92 Å². The molecule has 1 aliphatic rings. The number of likely N-dealkylation sites (tertiary alicyclic amines) is 1. The van der Waals surface area contributed by atoms with Crippen LogP contribution in [0.3, 0.4) is 0 Å². The number of piperidine rings is 1. The summed E-state index contributed by atoms with van der Waals surface area (Å²) in [5, 5.41) is 11.0. The van der Waals surface area contributed by atoms with E-state index in [1.165, 1.54) is 12.0 Å². The number of nitrogens with zero attached hydrogens (tertiary/aromatic N) is 1. The molecule has 0 unspecified atom stereocenters. The molecule has 0 spiro atoms. The van der Waals surface area contributed by atoms with Gasteiger partial charge in [-0.3, -0.25) is 19.2 Å². The third-order valence-electron chi connectivity index (χ3n) is 9.32. The number of hydrogen-bond acceptors (Lipinski definition) is 9. The average Bonchev–Trinajstić information content (AvgIpc) is 3.13. The van der Waals surface area contributed by atoms with E-state index in [1.54, 1.807) is 0 Å². The van der Waals surface area contributed by atoms with Gasteiger partial charge in [0.05, 0.1) is 13.2 Å². The zero-order valence-corrected chi connectivity index (χ0v) is 31.0. The Morgan fingerprint density at radius 3 is 1.83 bits per heavy atom. The molecule has 0 bridgehead atoms. The van der Waals surface area contributed by atoms with E-state index in [4.69, 9.17) is 21.9 Å². The molecule has 1 aliphatic heterocycles. The SMILES string of the molecule is COC(=O)C1(NC(N)=O)CCN(C(=O)[C@@H](CCCCN)NC(=O)[C@@H](CC(C)C)NC(=O)[C@@H](Cc2ccccc2)NC(=O)[C@H](N)Cc2ccccc2)CC1. The number of esters is 1. The van der Waals surface area contributed by atoms with Crippen molar-refractivity contribution >= 4 is 35.6 Å². The van der Waals surface area contributed by atoms with Gasteiger partial charge in [-0.1, -0.05) is 74.5 Å². The van der Waals surface area contributed by atoms with E-state index >= 15 is 0 Å². The fourth-order valence-electron chi connectivity index (χ4n) is 6.44. The van der Waals surface area contributed by atoms with Gasteiger partial charge in [0.2, 0.25) is 23.6 Å². The second-order valence-electron chi connectivity index (χ2n) is 14.0. The van der Waals surface area contributed by atoms with Crippen LogP contribution in [0.1, 0.15) is 63.5 Å². The van der Waals surface area contributed by atoms with Gasteiger partial charge in [-0.15, -0.1) is 0 Å². The molecule has 1 saturated heterocycles. The van der Waals surface area contributed by atoms with Gasteiger partial charge in [0.1, 0.15) is 23.7 Å². The summed E-state index contributed by atoms with van der Waals surface area (Å²) in [6, 6.07) is 13.7. The number of benzene rings is 2. The number of urea groups is 1. The van der Waals surface area contributed by atoms with E-state index in [1.807, 2.05) is 74.5 Å². The van der Waals surface area contributed by atoms with Crippen LogP contribution in [0.15, 0.2) is 60.7 Å². The lowest BCUT2D eigenvalue weighted by Crippen LogP contribution is -2.63. The van der Waals surface area contributed by atoms with Crippen molar-refractivity contribution in [3.8, 4) is 0 Å². The van der Waals surface area contributed by atoms with Crippen molar-refractivity contribution in [3.63, 3.8) is 0 Å². The average molecular weight is 737 g/mol. The molecular formula is C38H56N8O7. The van der Waals surface area contributed by atoms with Crippen molar-refractivity contribution in [2.45, 2.75) is 94.9 Å². The third-order valence-corrected chi connectivity index (χ3v) is 9.32. The summed E-state index contributed by atoms with van der Waals surface area (Å²) in [5.74, 6) is -2.69. The van der Waals surface area contributed by atoms with Crippen LogP contribution in [-0.2, 0) is 41.6 Å². The predicted molar refractivity (Wildman–Crippen MR) is 200 cm³/mol. The van der Waals surface area contributed by atoms with E-state index in [-0.39, 0.29) is 63.4 Å². The van der Waals surface area contributed by atoms with Crippen molar-refractivity contribution in [1.82, 2.24) is 26.2 Å². The molecule has 1 fully saturated rings. The zero-order valence-electron chi connectivity index (χ0n) is 31.0. The van der Waals surface area contributed by atoms with E-state index in [9.17, 15) is 28.8 Å². The number of amides is 6. The van der Waals surface area contributed by atoms with Crippen molar-refractivity contribution in [1.29, 1.82) is 0 Å². The third kappa shape index (κ3) is 13.2. The summed E-state index contributed by atoms with van der Waals surface area (Å²) in [5.41, 5.74) is 17.6. The van der Waals surface area contributed by atoms with E-state index in [0.29, 0.717) is 19.4 Å². The number of nitrogens with two attached hydrogens (primary N) is 3. The van der Waals surface area contributed by atoms with E-state index in [0.717, 1.165) is 11.1 Å². The van der Waals surface area contributed by atoms with Crippen molar-refractivity contribution in [2.75, 3.05) is 26.7 Å². The maximum absolute atomic E-state index is 14.0. The Morgan fingerprint density at radius 2 is 1.30 bits per heavy atom. The van der Waals surface area contributed by atoms with Crippen LogP contribution in [-0.4, -0.2) is 97.0 Å². The molecule has 15 heteroatoms. The fourth-order valence-corrected chi connectivity index (χ4v) is 6.44. The van der Waals surface area contributed by atoms with Gasteiger partial charge in [-0.05, 0) is 68.5 Å². The molecule has 0 saturated carbocycles. The lowest BCUT2D eigenvalue weighted by atomic mass is 9.87. The Morgan fingerprint density at radius 1 is 0.774 bits per heavy atom. The summed E-state index contributed by atoms with van der Waals surface area (Å²) in [6.07, 6.45) is 2.25. The quantitative estimate of drug-likeness (QED) is 0.0790. The minimum absolute atomic E-state index is 0.0230. The lowest BCUT2D eigenvalue weighted by molar-refractivity contribution is -0.152. The highest BCUT2D eigenvalue weighted by molar-refractivity contribution is 5.95. The van der Waals surface area contributed by atoms with Crippen LogP contribution in [0.4, 0.5) is 4.79 Å². The Hall–Kier alpha value is -5.02. The molecule has 1 heterocycles. The zero-order chi connectivity index (χ0) is 39.0. The molecule has 2 aromatic rings. The van der Waals surface area contributed by atoms with Gasteiger partial charge < -0.3 is 48.1 Å². The Kier molecular flexibility index (Phi) is 16.7. The second kappa shape index (κ2) is 20.9. The van der Waals surface area contributed by atoms with Crippen LogP contribution in [0.25, 0.3) is 0 Å². The number of unbranched alkanes of at least 4 members (excludes halogenated alkanes) is 1. The topological polar surface area (TPSA) is 241 Å². The molecule has 4 atom stereocenters. The van der Waals surface area contributed by atoms with E-state index in [2.05, 4.69) is 21.3 Å². The molecule has 15 nitrogen and oxygen atoms in total. The number of methoxy groups -OCH3 is 1. The number of hydrogen-bond donors (Lipinski definition) is 7. The van der Waals surface area contributed by atoms with Gasteiger partial charge in [-0.25, -0.2) is 9.59 Å². The number of ether oxygens (including phenoxy) is 1. The predicted octanol–water partition coefficient (Wildman–Crippen LogP) is 0.631. The summed E-state index contributed by atoms with van der Waals surface area (Å²) < 4.78 is 4.91. The number of rotatable bonds is 19. The van der Waals surface area contributed by atoms with Crippen LogP contribution < -0.4 is 38.5 Å². The first-order valence-corrected chi connectivity index (χ1v) is 18.2. The largest absolute Gasteiger partial charge is 0.467 e. The van der Waals surface area contributed by atoms with Crippen molar-refractivity contribution in [3.05, 3.63) is 71.8 Å². The standard InChI is InChI=1S/C38H56N8O7/c1-25(2)22-30(44-34(49)31(24-27-14-8-5-9-15-27)43-32(47)28(40)23-26-12-6-4-7-13-26)33(48)42-29(16-10-11-19-39)35(50)46-20-17-38(18-21-46,36(51)53-3)45-37(41)52/h4-9,12-15,25,28-31H,10-11,16-24,39-40H2,1-3H3,(H,42,48)(H,43,47)(H,44,49)(H3,41,45,52)/t28-,29-,30-,31-/m1/s1.